The van der Waals surface area contributed by atoms with Gasteiger partial charge in [-0.15, -0.1) is 0 Å². The molecule has 0 saturated heterocycles. The maximum absolute atomic E-state index is 10.8. The van der Waals surface area contributed by atoms with Gasteiger partial charge in [-0.2, -0.15) is 0 Å². The van der Waals surface area contributed by atoms with E-state index in [1.165, 1.54) is 0 Å². The van der Waals surface area contributed by atoms with Crippen LogP contribution in [0, 0.1) is 0 Å². The van der Waals surface area contributed by atoms with Crippen molar-refractivity contribution in [3.63, 3.8) is 0 Å². The predicted octanol–water partition coefficient (Wildman–Crippen LogP) is 1.84. The van der Waals surface area contributed by atoms with Crippen molar-refractivity contribution in [2.24, 2.45) is 0 Å². The zero-order valence-corrected chi connectivity index (χ0v) is 7.50. The molecule has 2 rings (SSSR count). The highest BCUT2D eigenvalue weighted by molar-refractivity contribution is 6.67. The van der Waals surface area contributed by atoms with Crippen molar-refractivity contribution in [1.82, 2.24) is 0 Å². The van der Waals surface area contributed by atoms with E-state index >= 15 is 0 Å². The number of carbonyl (C=O) groups excluding carboxylic acids is 1. The fourth-order valence-electron chi connectivity index (χ4n) is 1.17. The van der Waals surface area contributed by atoms with Crippen molar-refractivity contribution in [3.8, 4) is 11.5 Å². The smallest absolute Gasteiger partial charge is 0.252 e. The first kappa shape index (κ1) is 8.38. The summed E-state index contributed by atoms with van der Waals surface area (Å²) < 4.78 is 10.6. The minimum Gasteiger partial charge on any atom is -0.486 e. The average Bonchev–Trinajstić information content (AvgIpc) is 2.17. The summed E-state index contributed by atoms with van der Waals surface area (Å²) in [6.07, 6.45) is 0. The Morgan fingerprint density at radius 2 is 1.92 bits per heavy atom. The zero-order chi connectivity index (χ0) is 9.26. The van der Waals surface area contributed by atoms with Crippen molar-refractivity contribution in [2.45, 2.75) is 0 Å². The molecule has 0 bridgehead atoms. The second-order valence-corrected chi connectivity index (χ2v) is 2.98. The molecular weight excluding hydrogens is 192 g/mol. The lowest BCUT2D eigenvalue weighted by Gasteiger charge is -2.18. The normalized spacial score (nSPS) is 13.9. The lowest BCUT2D eigenvalue weighted by atomic mass is 10.2. The highest BCUT2D eigenvalue weighted by Gasteiger charge is 2.13. The number of halogens is 1. The molecule has 4 heteroatoms. The summed E-state index contributed by atoms with van der Waals surface area (Å²) in [7, 11) is 0. The fraction of sp³-hybridized carbons (Fsp3) is 0.222. The van der Waals surface area contributed by atoms with E-state index in [2.05, 4.69) is 0 Å². The molecule has 1 heterocycles. The molecule has 68 valence electrons. The first-order valence-electron chi connectivity index (χ1n) is 3.87. The molecule has 0 N–H and O–H groups in total. The van der Waals surface area contributed by atoms with Gasteiger partial charge in [0.1, 0.15) is 13.2 Å². The predicted molar refractivity (Wildman–Crippen MR) is 47.6 cm³/mol. The number of benzene rings is 1. The van der Waals surface area contributed by atoms with Crippen molar-refractivity contribution < 1.29 is 14.3 Å². The van der Waals surface area contributed by atoms with Crippen molar-refractivity contribution >= 4 is 16.8 Å². The minimum absolute atomic E-state index is 0.422. The van der Waals surface area contributed by atoms with E-state index in [0.717, 1.165) is 0 Å². The third-order valence-electron chi connectivity index (χ3n) is 1.77. The molecule has 3 nitrogen and oxygen atoms in total. The molecule has 1 aromatic rings. The van der Waals surface area contributed by atoms with Crippen molar-refractivity contribution in [3.05, 3.63) is 23.8 Å². The van der Waals surface area contributed by atoms with E-state index in [1.807, 2.05) is 0 Å². The maximum atomic E-state index is 10.8. The van der Waals surface area contributed by atoms with Gasteiger partial charge in [0.05, 0.1) is 0 Å². The molecule has 1 aliphatic heterocycles. The zero-order valence-electron chi connectivity index (χ0n) is 6.75. The minimum atomic E-state index is -0.489. The van der Waals surface area contributed by atoms with Crippen LogP contribution < -0.4 is 9.47 Å². The Balaban J connectivity index is 2.40. The van der Waals surface area contributed by atoms with Gasteiger partial charge >= 0.3 is 0 Å². The summed E-state index contributed by atoms with van der Waals surface area (Å²) >= 11 is 5.31. The maximum Gasteiger partial charge on any atom is 0.252 e. The molecule has 0 radical (unpaired) electrons. The number of ether oxygens (including phenoxy) is 2. The van der Waals surface area contributed by atoms with Gasteiger partial charge in [0.2, 0.25) is 0 Å². The van der Waals surface area contributed by atoms with Crippen LogP contribution in [0.25, 0.3) is 0 Å². The molecule has 0 amide bonds. The first-order chi connectivity index (χ1) is 6.27. The van der Waals surface area contributed by atoms with E-state index in [-0.39, 0.29) is 0 Å². The molecular formula is C9H7ClO3. The van der Waals surface area contributed by atoms with Crippen LogP contribution in [0.15, 0.2) is 18.2 Å². The van der Waals surface area contributed by atoms with Gasteiger partial charge in [0, 0.05) is 5.56 Å². The highest BCUT2D eigenvalue weighted by atomic mass is 35.5. The van der Waals surface area contributed by atoms with Gasteiger partial charge in [-0.05, 0) is 29.8 Å². The third kappa shape index (κ3) is 1.60. The monoisotopic (exact) mass is 198 g/mol. The van der Waals surface area contributed by atoms with Crippen LogP contribution in [0.4, 0.5) is 0 Å². The molecule has 0 saturated carbocycles. The van der Waals surface area contributed by atoms with Gasteiger partial charge in [-0.1, -0.05) is 0 Å². The Morgan fingerprint density at radius 1 is 1.23 bits per heavy atom. The summed E-state index contributed by atoms with van der Waals surface area (Å²) in [5, 5.41) is -0.489. The van der Waals surface area contributed by atoms with E-state index in [9.17, 15) is 4.79 Å². The largest absolute Gasteiger partial charge is 0.486 e. The third-order valence-corrected chi connectivity index (χ3v) is 1.99. The van der Waals surface area contributed by atoms with Gasteiger partial charge in [-0.25, -0.2) is 0 Å². The van der Waals surface area contributed by atoms with Crippen LogP contribution in [-0.2, 0) is 0 Å². The van der Waals surface area contributed by atoms with Gasteiger partial charge in [-0.3, -0.25) is 4.79 Å². The topological polar surface area (TPSA) is 35.5 Å². The molecule has 0 fully saturated rings. The Kier molecular flexibility index (Phi) is 2.10. The molecule has 13 heavy (non-hydrogen) atoms. The molecule has 0 spiro atoms. The number of hydrogen-bond acceptors (Lipinski definition) is 3. The fourth-order valence-corrected chi connectivity index (χ4v) is 1.28. The Morgan fingerprint density at radius 3 is 2.62 bits per heavy atom. The summed E-state index contributed by atoms with van der Waals surface area (Å²) in [6.45, 7) is 1.05. The standard InChI is InChI=1S/C9H7ClO3/c10-9(11)6-1-2-7-8(5-6)13-4-3-12-7/h1-2,5H,3-4H2. The summed E-state index contributed by atoms with van der Waals surface area (Å²) in [5.74, 6) is 1.24. The molecule has 0 aliphatic carbocycles. The molecule has 0 aromatic heterocycles. The van der Waals surface area contributed by atoms with E-state index in [1.54, 1.807) is 18.2 Å². The Bertz CT molecular complexity index is 349. The molecule has 0 atom stereocenters. The number of hydrogen-bond donors (Lipinski definition) is 0. The highest BCUT2D eigenvalue weighted by Crippen LogP contribution is 2.30. The Labute approximate surface area is 80.2 Å². The molecule has 0 unspecified atom stereocenters. The number of carbonyl (C=O) groups is 1. The van der Waals surface area contributed by atoms with Crippen LogP contribution >= 0.6 is 11.6 Å². The van der Waals surface area contributed by atoms with Gasteiger partial charge in [0.25, 0.3) is 5.24 Å². The molecule has 1 aromatic carbocycles. The average molecular weight is 199 g/mol. The van der Waals surface area contributed by atoms with Crippen LogP contribution in [0.2, 0.25) is 0 Å². The summed E-state index contributed by atoms with van der Waals surface area (Å²) in [6, 6.07) is 4.89. The second kappa shape index (κ2) is 3.26. The SMILES string of the molecule is O=C(Cl)c1ccc2c(c1)OCCO2. The van der Waals surface area contributed by atoms with Gasteiger partial charge in [0.15, 0.2) is 11.5 Å². The second-order valence-electron chi connectivity index (χ2n) is 2.63. The van der Waals surface area contributed by atoms with Crippen molar-refractivity contribution in [1.29, 1.82) is 0 Å². The molecule has 1 aliphatic rings. The van der Waals surface area contributed by atoms with E-state index < -0.39 is 5.24 Å². The van der Waals surface area contributed by atoms with Crippen LogP contribution in [0.5, 0.6) is 11.5 Å². The number of rotatable bonds is 1. The lowest BCUT2D eigenvalue weighted by molar-refractivity contribution is 0.108. The van der Waals surface area contributed by atoms with Crippen LogP contribution in [0.3, 0.4) is 0 Å². The van der Waals surface area contributed by atoms with Gasteiger partial charge < -0.3 is 9.47 Å². The summed E-state index contributed by atoms with van der Waals surface area (Å²) in [4.78, 5) is 10.8. The van der Waals surface area contributed by atoms with Crippen molar-refractivity contribution in [2.75, 3.05) is 13.2 Å². The summed E-state index contributed by atoms with van der Waals surface area (Å²) in [5.41, 5.74) is 0.422. The van der Waals surface area contributed by atoms with Crippen LogP contribution in [0.1, 0.15) is 10.4 Å². The number of fused-ring (bicyclic) bond motifs is 1. The van der Waals surface area contributed by atoms with E-state index in [4.69, 9.17) is 21.1 Å². The Hall–Kier alpha value is -1.22. The first-order valence-corrected chi connectivity index (χ1v) is 4.24. The van der Waals surface area contributed by atoms with E-state index in [0.29, 0.717) is 30.3 Å². The lowest BCUT2D eigenvalue weighted by Crippen LogP contribution is -2.15. The van der Waals surface area contributed by atoms with Crippen LogP contribution in [-0.4, -0.2) is 18.5 Å². The quantitative estimate of drug-likeness (QED) is 0.646.